The zero-order valence-corrected chi connectivity index (χ0v) is 21.5. The quantitative estimate of drug-likeness (QED) is 0.501. The van der Waals surface area contributed by atoms with E-state index >= 15 is 0 Å². The van der Waals surface area contributed by atoms with Gasteiger partial charge in [-0.25, -0.2) is 13.2 Å². The number of hydrogen-bond acceptors (Lipinski definition) is 5. The molecule has 1 aromatic heterocycles. The van der Waals surface area contributed by atoms with E-state index in [1.807, 2.05) is 0 Å². The number of rotatable bonds is 6. The van der Waals surface area contributed by atoms with Crippen molar-refractivity contribution in [1.82, 2.24) is 14.5 Å². The number of aromatic nitrogens is 2. The fraction of sp³-hybridized carbons (Fsp3) is 0.417. The van der Waals surface area contributed by atoms with E-state index < -0.39 is 33.6 Å². The van der Waals surface area contributed by atoms with E-state index in [0.717, 1.165) is 0 Å². The highest BCUT2D eigenvalue weighted by molar-refractivity contribution is 7.91. The number of carbonyl (C=O) groups is 1. The Labute approximate surface area is 211 Å². The number of imidazole rings is 1. The van der Waals surface area contributed by atoms with Crippen molar-refractivity contribution < 1.29 is 26.7 Å². The van der Waals surface area contributed by atoms with Gasteiger partial charge in [0.15, 0.2) is 0 Å². The Bertz CT molecular complexity index is 1480. The lowest BCUT2D eigenvalue weighted by Crippen LogP contribution is -2.51. The van der Waals surface area contributed by atoms with Gasteiger partial charge in [-0.1, -0.05) is 17.7 Å². The summed E-state index contributed by atoms with van der Waals surface area (Å²) in [6, 6.07) is 8.48. The van der Waals surface area contributed by atoms with Gasteiger partial charge in [-0.05, 0) is 57.9 Å². The van der Waals surface area contributed by atoms with Gasteiger partial charge in [0, 0.05) is 17.6 Å². The van der Waals surface area contributed by atoms with Gasteiger partial charge in [0.1, 0.15) is 15.6 Å². The third-order valence-electron chi connectivity index (χ3n) is 6.38. The summed E-state index contributed by atoms with van der Waals surface area (Å²) in [7, 11) is -3.11. The first-order valence-electron chi connectivity index (χ1n) is 11.4. The second-order valence-electron chi connectivity index (χ2n) is 9.42. The van der Waals surface area contributed by atoms with Crippen LogP contribution in [0.1, 0.15) is 50.0 Å². The van der Waals surface area contributed by atoms with Crippen LogP contribution < -0.4 is 15.7 Å². The minimum absolute atomic E-state index is 0.0133. The van der Waals surface area contributed by atoms with Crippen molar-refractivity contribution in [3.8, 4) is 11.4 Å². The van der Waals surface area contributed by atoms with E-state index in [1.165, 1.54) is 33.4 Å². The lowest BCUT2D eigenvalue weighted by Gasteiger charge is -2.34. The van der Waals surface area contributed by atoms with E-state index in [4.69, 9.17) is 11.6 Å². The highest BCUT2D eigenvalue weighted by Crippen LogP contribution is 2.32. The molecule has 2 heterocycles. The van der Waals surface area contributed by atoms with Gasteiger partial charge in [0.2, 0.25) is 0 Å². The molecular weight excluding hydrogens is 516 g/mol. The number of fused-ring (bicyclic) bond motifs is 1. The Morgan fingerprint density at radius 2 is 1.83 bits per heavy atom. The van der Waals surface area contributed by atoms with Crippen LogP contribution in [-0.4, -0.2) is 47.1 Å². The lowest BCUT2D eigenvalue weighted by atomic mass is 9.94. The first-order chi connectivity index (χ1) is 16.8. The fourth-order valence-corrected chi connectivity index (χ4v) is 6.49. The summed E-state index contributed by atoms with van der Waals surface area (Å²) in [5.41, 5.74) is -0.0274. The molecule has 0 aliphatic carbocycles. The molecule has 0 atom stereocenters. The molecule has 3 aromatic rings. The molecule has 0 radical (unpaired) electrons. The van der Waals surface area contributed by atoms with Crippen LogP contribution in [-0.2, 0) is 9.84 Å². The molecule has 0 spiro atoms. The number of nitrogens with zero attached hydrogens (tertiary/aromatic N) is 2. The lowest BCUT2D eigenvalue weighted by molar-refractivity contribution is -0.0498. The Morgan fingerprint density at radius 1 is 1.17 bits per heavy atom. The van der Waals surface area contributed by atoms with Crippen LogP contribution in [0.4, 0.5) is 8.78 Å². The predicted octanol–water partition coefficient (Wildman–Crippen LogP) is 4.33. The normalized spacial score (nSPS) is 17.0. The van der Waals surface area contributed by atoms with Gasteiger partial charge in [0.05, 0.1) is 38.8 Å². The second-order valence-corrected chi connectivity index (χ2v) is 12.1. The number of alkyl halides is 2. The molecule has 2 aromatic carbocycles. The molecule has 1 aliphatic rings. The summed E-state index contributed by atoms with van der Waals surface area (Å²) >= 11 is 6.71. The summed E-state index contributed by atoms with van der Waals surface area (Å²) in [6.45, 7) is 2.35. The number of hydrogen-bond donors (Lipinski definition) is 1. The van der Waals surface area contributed by atoms with Crippen LogP contribution in [0.15, 0.2) is 41.2 Å². The van der Waals surface area contributed by atoms with E-state index in [0.29, 0.717) is 16.7 Å². The highest BCUT2D eigenvalue weighted by Gasteiger charge is 2.35. The summed E-state index contributed by atoms with van der Waals surface area (Å²) in [5.74, 6) is -0.613. The van der Waals surface area contributed by atoms with Crippen molar-refractivity contribution in [3.05, 3.63) is 57.5 Å². The number of ether oxygens (including phenoxy) is 1. The average molecular weight is 542 g/mol. The Kier molecular flexibility index (Phi) is 6.91. The maximum atomic E-state index is 13.4. The number of amides is 1. The van der Waals surface area contributed by atoms with Gasteiger partial charge in [0.25, 0.3) is 5.91 Å². The van der Waals surface area contributed by atoms with Crippen molar-refractivity contribution in [1.29, 1.82) is 0 Å². The molecule has 0 saturated carbocycles. The average Bonchev–Trinajstić information content (AvgIpc) is 3.09. The summed E-state index contributed by atoms with van der Waals surface area (Å²) in [6.07, 6.45) is 0.566. The van der Waals surface area contributed by atoms with E-state index in [1.54, 1.807) is 32.9 Å². The highest BCUT2D eigenvalue weighted by atomic mass is 35.5. The van der Waals surface area contributed by atoms with Gasteiger partial charge < -0.3 is 10.1 Å². The standard InChI is InChI=1S/C24H26ClF2N3O5S/c1-14(2)29-20-18(30(23(29)32)15-5-4-6-16(13-15)35-22(26)27)8-7-17(19(20)25)21(31)28-24(3)9-11-36(33,34)12-10-24/h4-8,13-14,22H,9-12H2,1-3H3,(H,28,31). The molecule has 0 bridgehead atoms. The SMILES string of the molecule is CC(C)n1c(=O)n(-c2cccc(OC(F)F)c2)c2ccc(C(=O)NC3(C)CCS(=O)(=O)CC3)c(Cl)c21. The molecule has 12 heteroatoms. The molecular formula is C24H26ClF2N3O5S. The molecule has 0 unspecified atom stereocenters. The second kappa shape index (κ2) is 9.51. The smallest absolute Gasteiger partial charge is 0.387 e. The predicted molar refractivity (Wildman–Crippen MR) is 133 cm³/mol. The topological polar surface area (TPSA) is 99.4 Å². The number of halogens is 3. The third kappa shape index (κ3) is 4.99. The van der Waals surface area contributed by atoms with Gasteiger partial charge in [-0.15, -0.1) is 0 Å². The van der Waals surface area contributed by atoms with Gasteiger partial charge in [-0.3, -0.25) is 13.9 Å². The Balaban J connectivity index is 1.80. The molecule has 194 valence electrons. The van der Waals surface area contributed by atoms with Crippen molar-refractivity contribution in [2.75, 3.05) is 11.5 Å². The first kappa shape index (κ1) is 26.2. The van der Waals surface area contributed by atoms with Crippen molar-refractivity contribution >= 4 is 38.4 Å². The molecule has 1 saturated heterocycles. The maximum Gasteiger partial charge on any atom is 0.387 e. The number of carbonyl (C=O) groups excluding carboxylic acids is 1. The Hall–Kier alpha value is -2.92. The number of sulfone groups is 1. The maximum absolute atomic E-state index is 13.4. The molecule has 8 nitrogen and oxygen atoms in total. The van der Waals surface area contributed by atoms with Crippen LogP contribution in [0.5, 0.6) is 5.75 Å². The molecule has 1 N–H and O–H groups in total. The zero-order valence-electron chi connectivity index (χ0n) is 19.9. The zero-order chi connectivity index (χ0) is 26.4. The molecule has 36 heavy (non-hydrogen) atoms. The van der Waals surface area contributed by atoms with Crippen molar-refractivity contribution in [2.45, 2.75) is 51.8 Å². The van der Waals surface area contributed by atoms with E-state index in [2.05, 4.69) is 10.1 Å². The van der Waals surface area contributed by atoms with Crippen molar-refractivity contribution in [3.63, 3.8) is 0 Å². The first-order valence-corrected chi connectivity index (χ1v) is 13.6. The van der Waals surface area contributed by atoms with Crippen LogP contribution in [0.2, 0.25) is 5.02 Å². The van der Waals surface area contributed by atoms with Gasteiger partial charge in [-0.2, -0.15) is 8.78 Å². The molecule has 4 rings (SSSR count). The van der Waals surface area contributed by atoms with E-state index in [9.17, 15) is 26.8 Å². The van der Waals surface area contributed by atoms with Gasteiger partial charge >= 0.3 is 12.3 Å². The Morgan fingerprint density at radius 3 is 2.44 bits per heavy atom. The number of nitrogens with one attached hydrogen (secondary N) is 1. The van der Waals surface area contributed by atoms with E-state index in [-0.39, 0.29) is 46.7 Å². The molecule has 1 fully saturated rings. The summed E-state index contributed by atoms with van der Waals surface area (Å²) in [5, 5.41) is 2.97. The van der Waals surface area contributed by atoms with Crippen LogP contribution in [0.3, 0.4) is 0 Å². The minimum atomic E-state index is -3.11. The van der Waals surface area contributed by atoms with Crippen LogP contribution in [0.25, 0.3) is 16.7 Å². The molecule has 1 aliphatic heterocycles. The largest absolute Gasteiger partial charge is 0.435 e. The van der Waals surface area contributed by atoms with Crippen molar-refractivity contribution in [2.24, 2.45) is 0 Å². The van der Waals surface area contributed by atoms with Crippen LogP contribution in [0, 0.1) is 0 Å². The fourth-order valence-electron chi connectivity index (χ4n) is 4.43. The minimum Gasteiger partial charge on any atom is -0.435 e. The van der Waals surface area contributed by atoms with Crippen LogP contribution >= 0.6 is 11.6 Å². The third-order valence-corrected chi connectivity index (χ3v) is 8.42. The summed E-state index contributed by atoms with van der Waals surface area (Å²) in [4.78, 5) is 26.7. The monoisotopic (exact) mass is 541 g/mol. The number of benzene rings is 2. The molecule has 1 amide bonds. The summed E-state index contributed by atoms with van der Waals surface area (Å²) < 4.78 is 56.3.